The first-order valence-electron chi connectivity index (χ1n) is 12.1. The van der Waals surface area contributed by atoms with Gasteiger partial charge in [0.15, 0.2) is 5.75 Å². The van der Waals surface area contributed by atoms with Crippen molar-refractivity contribution in [3.05, 3.63) is 81.7 Å². The van der Waals surface area contributed by atoms with Crippen molar-refractivity contribution in [2.75, 3.05) is 31.1 Å². The van der Waals surface area contributed by atoms with Gasteiger partial charge in [0.05, 0.1) is 31.1 Å². The minimum Gasteiger partial charge on any atom is -0.598 e. The number of nitrogens with zero attached hydrogens (tertiary/aromatic N) is 4. The lowest BCUT2D eigenvalue weighted by Crippen LogP contribution is -2.49. The minimum absolute atomic E-state index is 0.0567. The lowest BCUT2D eigenvalue weighted by molar-refractivity contribution is 0.205. The van der Waals surface area contributed by atoms with Crippen LogP contribution in [0.1, 0.15) is 31.2 Å². The van der Waals surface area contributed by atoms with Crippen LogP contribution in [0.25, 0.3) is 5.69 Å². The van der Waals surface area contributed by atoms with E-state index in [1.54, 1.807) is 6.20 Å². The summed E-state index contributed by atoms with van der Waals surface area (Å²) < 4.78 is 22.7. The third kappa shape index (κ3) is 5.67. The Morgan fingerprint density at radius 1 is 1.00 bits per heavy atom. The average Bonchev–Trinajstić information content (AvgIpc) is 3.40. The summed E-state index contributed by atoms with van der Waals surface area (Å²) in [6.45, 7) is 2.55. The molecule has 9 heteroatoms. The molecule has 0 spiro atoms. The standard InChI is InChI=1S/C26H29ClN4O3S/c27-21-12-10-20(11-13-21)19-35(33)30-16-14-29(15-17-30)24-18-28-31(22-6-2-1-3-7-22)26(32)25(24)34-23-8-4-5-9-23/h1-3,6-7,10-13,18,23H,4-5,8-9,14-17,19H2. The predicted molar refractivity (Wildman–Crippen MR) is 140 cm³/mol. The van der Waals surface area contributed by atoms with Crippen LogP contribution in [0.5, 0.6) is 5.75 Å². The highest BCUT2D eigenvalue weighted by atomic mass is 35.5. The Hall–Kier alpha value is -2.52. The summed E-state index contributed by atoms with van der Waals surface area (Å²) >= 11 is 4.84. The molecule has 1 aliphatic carbocycles. The normalized spacial score (nSPS) is 18.1. The van der Waals surface area contributed by atoms with Gasteiger partial charge in [0.2, 0.25) is 5.75 Å². The van der Waals surface area contributed by atoms with Gasteiger partial charge in [-0.3, -0.25) is 4.79 Å². The van der Waals surface area contributed by atoms with E-state index >= 15 is 0 Å². The van der Waals surface area contributed by atoms with Crippen molar-refractivity contribution in [3.8, 4) is 11.4 Å². The highest BCUT2D eigenvalue weighted by Gasteiger charge is 2.30. The van der Waals surface area contributed by atoms with Crippen LogP contribution >= 0.6 is 11.6 Å². The molecule has 7 nitrogen and oxygen atoms in total. The quantitative estimate of drug-likeness (QED) is 0.442. The Bertz CT molecular complexity index is 1180. The monoisotopic (exact) mass is 512 g/mol. The molecule has 1 aliphatic heterocycles. The summed E-state index contributed by atoms with van der Waals surface area (Å²) in [5, 5.41) is 5.15. The number of benzene rings is 2. The Balaban J connectivity index is 1.33. The third-order valence-corrected chi connectivity index (χ3v) is 8.35. The number of aromatic nitrogens is 2. The van der Waals surface area contributed by atoms with Crippen LogP contribution in [0.2, 0.25) is 5.02 Å². The van der Waals surface area contributed by atoms with Crippen molar-refractivity contribution in [2.24, 2.45) is 0 Å². The number of hydrogen-bond acceptors (Lipinski definition) is 6. The zero-order valence-corrected chi connectivity index (χ0v) is 21.1. The van der Waals surface area contributed by atoms with Crippen LogP contribution in [-0.4, -0.2) is 50.9 Å². The summed E-state index contributed by atoms with van der Waals surface area (Å²) in [6.07, 6.45) is 5.96. The average molecular weight is 513 g/mol. The van der Waals surface area contributed by atoms with Gasteiger partial charge in [-0.25, -0.2) is 0 Å². The second-order valence-electron chi connectivity index (χ2n) is 8.94. The lowest BCUT2D eigenvalue weighted by Gasteiger charge is -2.36. The number of halogens is 1. The topological polar surface area (TPSA) is 73.7 Å². The molecule has 0 bridgehead atoms. The van der Waals surface area contributed by atoms with Crippen molar-refractivity contribution >= 4 is 28.7 Å². The Morgan fingerprint density at radius 2 is 1.69 bits per heavy atom. The van der Waals surface area contributed by atoms with Crippen LogP contribution in [0, 0.1) is 0 Å². The fourth-order valence-electron chi connectivity index (χ4n) is 4.64. The van der Waals surface area contributed by atoms with Gasteiger partial charge in [0.25, 0.3) is 0 Å². The van der Waals surface area contributed by atoms with E-state index in [0.29, 0.717) is 48.4 Å². The molecule has 35 heavy (non-hydrogen) atoms. The maximum absolute atomic E-state index is 13.5. The van der Waals surface area contributed by atoms with Gasteiger partial charge in [0.1, 0.15) is 5.69 Å². The molecule has 1 atom stereocenters. The van der Waals surface area contributed by atoms with Crippen molar-refractivity contribution in [1.29, 1.82) is 0 Å². The van der Waals surface area contributed by atoms with Crippen molar-refractivity contribution in [2.45, 2.75) is 37.5 Å². The van der Waals surface area contributed by atoms with Gasteiger partial charge in [-0.1, -0.05) is 41.9 Å². The molecule has 5 rings (SSSR count). The molecular weight excluding hydrogens is 484 g/mol. The van der Waals surface area contributed by atoms with Crippen LogP contribution in [0.3, 0.4) is 0 Å². The zero-order chi connectivity index (χ0) is 24.2. The van der Waals surface area contributed by atoms with Gasteiger partial charge >= 0.3 is 5.56 Å². The van der Waals surface area contributed by atoms with Crippen LogP contribution in [-0.2, 0) is 17.1 Å². The van der Waals surface area contributed by atoms with E-state index < -0.39 is 11.4 Å². The molecule has 2 aromatic carbocycles. The largest absolute Gasteiger partial charge is 0.598 e. The molecule has 1 aromatic heterocycles. The van der Waals surface area contributed by atoms with E-state index in [9.17, 15) is 9.35 Å². The number of anilines is 1. The van der Waals surface area contributed by atoms with E-state index in [4.69, 9.17) is 16.3 Å². The van der Waals surface area contributed by atoms with E-state index in [0.717, 1.165) is 36.9 Å². The lowest BCUT2D eigenvalue weighted by atomic mass is 10.2. The molecule has 2 fully saturated rings. The van der Waals surface area contributed by atoms with Crippen molar-refractivity contribution < 1.29 is 9.29 Å². The highest BCUT2D eigenvalue weighted by Crippen LogP contribution is 2.30. The third-order valence-electron chi connectivity index (χ3n) is 6.57. The first-order chi connectivity index (χ1) is 17.1. The van der Waals surface area contributed by atoms with Gasteiger partial charge in [-0.05, 0) is 49.9 Å². The van der Waals surface area contributed by atoms with E-state index in [1.165, 1.54) is 4.68 Å². The van der Waals surface area contributed by atoms with Crippen molar-refractivity contribution in [3.63, 3.8) is 0 Å². The Labute approximate surface area is 213 Å². The molecule has 2 heterocycles. The van der Waals surface area contributed by atoms with E-state index in [-0.39, 0.29) is 11.7 Å². The maximum Gasteiger partial charge on any atom is 0.316 e. The SMILES string of the molecule is O=c1c(OC2CCCC2)c(N2CCN([S+]([O-])Cc3ccc(Cl)cc3)CC2)cnn1-c1ccccc1. The fourth-order valence-corrected chi connectivity index (χ4v) is 6.00. The molecule has 1 saturated carbocycles. The summed E-state index contributed by atoms with van der Waals surface area (Å²) in [5.41, 5.74) is 2.19. The van der Waals surface area contributed by atoms with Gasteiger partial charge in [-0.2, -0.15) is 9.78 Å². The van der Waals surface area contributed by atoms with Crippen LogP contribution in [0.4, 0.5) is 5.69 Å². The predicted octanol–water partition coefficient (Wildman–Crippen LogP) is 4.19. The molecule has 2 aliphatic rings. The molecule has 0 N–H and O–H groups in total. The highest BCUT2D eigenvalue weighted by molar-refractivity contribution is 7.88. The molecule has 1 saturated heterocycles. The number of rotatable bonds is 7. The molecule has 184 valence electrons. The molecule has 3 aromatic rings. The van der Waals surface area contributed by atoms with Gasteiger partial charge < -0.3 is 14.2 Å². The van der Waals surface area contributed by atoms with Crippen LogP contribution in [0.15, 0.2) is 65.6 Å². The van der Waals surface area contributed by atoms with Gasteiger partial charge in [0, 0.05) is 35.0 Å². The number of para-hydroxylation sites is 1. The summed E-state index contributed by atoms with van der Waals surface area (Å²) in [6, 6.07) is 16.9. The van der Waals surface area contributed by atoms with Crippen molar-refractivity contribution in [1.82, 2.24) is 14.1 Å². The van der Waals surface area contributed by atoms with Crippen LogP contribution < -0.4 is 15.2 Å². The maximum atomic E-state index is 13.5. The van der Waals surface area contributed by atoms with E-state index in [1.807, 2.05) is 58.9 Å². The summed E-state index contributed by atoms with van der Waals surface area (Å²) in [5.74, 6) is 0.827. The number of hydrogen-bond donors (Lipinski definition) is 0. The Morgan fingerprint density at radius 3 is 2.37 bits per heavy atom. The zero-order valence-electron chi connectivity index (χ0n) is 19.5. The molecule has 0 amide bonds. The summed E-state index contributed by atoms with van der Waals surface area (Å²) in [4.78, 5) is 15.6. The van der Waals surface area contributed by atoms with Gasteiger partial charge in [-0.15, -0.1) is 4.31 Å². The summed E-state index contributed by atoms with van der Waals surface area (Å²) in [7, 11) is 0. The fraction of sp³-hybridized carbons (Fsp3) is 0.385. The molecule has 0 radical (unpaired) electrons. The second kappa shape index (κ2) is 11.0. The Kier molecular flexibility index (Phi) is 7.63. The number of piperazine rings is 1. The number of ether oxygens (including phenoxy) is 1. The van der Waals surface area contributed by atoms with E-state index in [2.05, 4.69) is 10.00 Å². The minimum atomic E-state index is -1.13. The first-order valence-corrected chi connectivity index (χ1v) is 13.7. The first kappa shape index (κ1) is 24.2. The second-order valence-corrected chi connectivity index (χ2v) is 10.8. The molecular formula is C26H29ClN4O3S. The molecule has 1 unspecified atom stereocenters. The smallest absolute Gasteiger partial charge is 0.316 e.